The van der Waals surface area contributed by atoms with Gasteiger partial charge in [-0.3, -0.25) is 0 Å². The van der Waals surface area contributed by atoms with Gasteiger partial charge in [0.15, 0.2) is 0 Å². The van der Waals surface area contributed by atoms with Crippen LogP contribution in [0.4, 0.5) is 0 Å². The van der Waals surface area contributed by atoms with E-state index < -0.39 is 0 Å². The Morgan fingerprint density at radius 3 is 3.05 bits per heavy atom. The van der Waals surface area contributed by atoms with Gasteiger partial charge in [0.05, 0.1) is 18.8 Å². The second kappa shape index (κ2) is 6.88. The number of ether oxygens (including phenoxy) is 3. The summed E-state index contributed by atoms with van der Waals surface area (Å²) in [6.07, 6.45) is 3.18. The maximum atomic E-state index is 5.98. The van der Waals surface area contributed by atoms with Crippen molar-refractivity contribution in [2.45, 2.75) is 44.1 Å². The SMILES string of the molecule is COCc1cccc(CNC2CCOC3(CCOC3)C2)c1. The highest BCUT2D eigenvalue weighted by Gasteiger charge is 2.40. The van der Waals surface area contributed by atoms with Gasteiger partial charge in [0.25, 0.3) is 0 Å². The van der Waals surface area contributed by atoms with E-state index in [0.717, 1.165) is 45.6 Å². The Hall–Kier alpha value is -0.940. The summed E-state index contributed by atoms with van der Waals surface area (Å²) in [5, 5.41) is 3.68. The van der Waals surface area contributed by atoms with Crippen molar-refractivity contribution in [3.05, 3.63) is 35.4 Å². The van der Waals surface area contributed by atoms with Crippen molar-refractivity contribution in [3.63, 3.8) is 0 Å². The molecule has 3 rings (SSSR count). The quantitative estimate of drug-likeness (QED) is 0.903. The van der Waals surface area contributed by atoms with E-state index in [1.54, 1.807) is 7.11 Å². The van der Waals surface area contributed by atoms with Gasteiger partial charge in [-0.25, -0.2) is 0 Å². The van der Waals surface area contributed by atoms with Crippen LogP contribution in [0.2, 0.25) is 0 Å². The summed E-state index contributed by atoms with van der Waals surface area (Å²) in [5.74, 6) is 0. The molecule has 4 heteroatoms. The highest BCUT2D eigenvalue weighted by atomic mass is 16.6. The van der Waals surface area contributed by atoms with Crippen molar-refractivity contribution in [1.29, 1.82) is 0 Å². The summed E-state index contributed by atoms with van der Waals surface area (Å²) < 4.78 is 16.7. The zero-order chi connectivity index (χ0) is 14.5. The fraction of sp³-hybridized carbons (Fsp3) is 0.647. The Morgan fingerprint density at radius 1 is 1.33 bits per heavy atom. The van der Waals surface area contributed by atoms with Crippen LogP contribution in [0.25, 0.3) is 0 Å². The minimum atomic E-state index is -0.0200. The minimum Gasteiger partial charge on any atom is -0.380 e. The van der Waals surface area contributed by atoms with Crippen LogP contribution >= 0.6 is 0 Å². The molecule has 2 aliphatic heterocycles. The fourth-order valence-corrected chi connectivity index (χ4v) is 3.32. The third-order valence-electron chi connectivity index (χ3n) is 4.46. The minimum absolute atomic E-state index is 0.0200. The van der Waals surface area contributed by atoms with Crippen molar-refractivity contribution in [2.24, 2.45) is 0 Å². The standard InChI is InChI=1S/C17H25NO3/c1-19-12-15-4-2-3-14(9-15)11-18-16-5-7-21-17(10-16)6-8-20-13-17/h2-4,9,16,18H,5-8,10-13H2,1H3. The van der Waals surface area contributed by atoms with E-state index in [9.17, 15) is 0 Å². The molecular formula is C17H25NO3. The average Bonchev–Trinajstić information content (AvgIpc) is 2.94. The molecule has 2 fully saturated rings. The van der Waals surface area contributed by atoms with Gasteiger partial charge >= 0.3 is 0 Å². The first kappa shape index (κ1) is 15.0. The Balaban J connectivity index is 1.53. The van der Waals surface area contributed by atoms with Crippen LogP contribution in [0.1, 0.15) is 30.4 Å². The number of benzene rings is 1. The van der Waals surface area contributed by atoms with Crippen molar-refractivity contribution in [2.75, 3.05) is 26.9 Å². The molecule has 2 unspecified atom stereocenters. The van der Waals surface area contributed by atoms with E-state index >= 15 is 0 Å². The summed E-state index contributed by atoms with van der Waals surface area (Å²) in [4.78, 5) is 0. The molecule has 0 radical (unpaired) electrons. The molecule has 1 aromatic carbocycles. The molecule has 2 heterocycles. The topological polar surface area (TPSA) is 39.7 Å². The zero-order valence-corrected chi connectivity index (χ0v) is 12.8. The molecule has 1 aromatic rings. The van der Waals surface area contributed by atoms with Crippen LogP contribution in [0, 0.1) is 0 Å². The van der Waals surface area contributed by atoms with Crippen LogP contribution in [0.5, 0.6) is 0 Å². The van der Waals surface area contributed by atoms with Crippen molar-refractivity contribution in [1.82, 2.24) is 5.32 Å². The third-order valence-corrected chi connectivity index (χ3v) is 4.46. The lowest BCUT2D eigenvalue weighted by Crippen LogP contribution is -2.47. The molecule has 116 valence electrons. The normalized spacial score (nSPS) is 29.1. The summed E-state index contributed by atoms with van der Waals surface area (Å²) in [5.41, 5.74) is 2.52. The first-order valence-corrected chi connectivity index (χ1v) is 7.81. The molecule has 0 bridgehead atoms. The van der Waals surface area contributed by atoms with Crippen LogP contribution in [-0.4, -0.2) is 38.6 Å². The van der Waals surface area contributed by atoms with Crippen LogP contribution in [0.3, 0.4) is 0 Å². The predicted molar refractivity (Wildman–Crippen MR) is 81.1 cm³/mol. The zero-order valence-electron chi connectivity index (χ0n) is 12.8. The van der Waals surface area contributed by atoms with E-state index in [2.05, 4.69) is 29.6 Å². The smallest absolute Gasteiger partial charge is 0.0951 e. The van der Waals surface area contributed by atoms with Gasteiger partial charge in [-0.2, -0.15) is 0 Å². The van der Waals surface area contributed by atoms with E-state index in [1.807, 2.05) is 0 Å². The molecule has 0 aliphatic carbocycles. The molecule has 21 heavy (non-hydrogen) atoms. The van der Waals surface area contributed by atoms with Crippen LogP contribution in [-0.2, 0) is 27.4 Å². The van der Waals surface area contributed by atoms with Gasteiger partial charge in [-0.15, -0.1) is 0 Å². The summed E-state index contributed by atoms with van der Waals surface area (Å²) in [6.45, 7) is 4.01. The Labute approximate surface area is 126 Å². The van der Waals surface area contributed by atoms with Gasteiger partial charge < -0.3 is 19.5 Å². The molecule has 2 saturated heterocycles. The molecule has 1 N–H and O–H groups in total. The lowest BCUT2D eigenvalue weighted by molar-refractivity contribution is -0.0894. The number of nitrogens with one attached hydrogen (secondary N) is 1. The van der Waals surface area contributed by atoms with E-state index in [4.69, 9.17) is 14.2 Å². The van der Waals surface area contributed by atoms with Gasteiger partial charge in [0, 0.05) is 39.3 Å². The number of hydrogen-bond donors (Lipinski definition) is 1. The molecular weight excluding hydrogens is 266 g/mol. The first-order chi connectivity index (χ1) is 10.3. The molecule has 0 amide bonds. The molecule has 0 saturated carbocycles. The largest absolute Gasteiger partial charge is 0.380 e. The summed E-state index contributed by atoms with van der Waals surface area (Å²) in [6, 6.07) is 9.10. The first-order valence-electron chi connectivity index (χ1n) is 7.81. The Morgan fingerprint density at radius 2 is 2.24 bits per heavy atom. The summed E-state index contributed by atoms with van der Waals surface area (Å²) >= 11 is 0. The average molecular weight is 291 g/mol. The number of methoxy groups -OCH3 is 1. The van der Waals surface area contributed by atoms with Crippen LogP contribution < -0.4 is 5.32 Å². The lowest BCUT2D eigenvalue weighted by atomic mass is 9.89. The van der Waals surface area contributed by atoms with Crippen molar-refractivity contribution >= 4 is 0 Å². The summed E-state index contributed by atoms with van der Waals surface area (Å²) in [7, 11) is 1.73. The maximum absolute atomic E-state index is 5.98. The molecule has 2 atom stereocenters. The Bertz CT molecular complexity index is 457. The second-order valence-electron chi connectivity index (χ2n) is 6.16. The molecule has 0 aromatic heterocycles. The monoisotopic (exact) mass is 291 g/mol. The van der Waals surface area contributed by atoms with Gasteiger partial charge in [0.1, 0.15) is 0 Å². The highest BCUT2D eigenvalue weighted by molar-refractivity contribution is 5.23. The predicted octanol–water partition coefficient (Wildman–Crippen LogP) is 2.26. The van der Waals surface area contributed by atoms with Crippen molar-refractivity contribution < 1.29 is 14.2 Å². The van der Waals surface area contributed by atoms with E-state index in [1.165, 1.54) is 11.1 Å². The van der Waals surface area contributed by atoms with Gasteiger partial charge in [-0.05, 0) is 24.0 Å². The molecule has 4 nitrogen and oxygen atoms in total. The second-order valence-corrected chi connectivity index (χ2v) is 6.16. The lowest BCUT2D eigenvalue weighted by Gasteiger charge is -2.37. The van der Waals surface area contributed by atoms with Gasteiger partial charge in [0.2, 0.25) is 0 Å². The number of rotatable bonds is 5. The van der Waals surface area contributed by atoms with E-state index in [-0.39, 0.29) is 5.60 Å². The molecule has 1 spiro atoms. The maximum Gasteiger partial charge on any atom is 0.0951 e. The van der Waals surface area contributed by atoms with Gasteiger partial charge in [-0.1, -0.05) is 24.3 Å². The van der Waals surface area contributed by atoms with Crippen LogP contribution in [0.15, 0.2) is 24.3 Å². The fourth-order valence-electron chi connectivity index (χ4n) is 3.32. The van der Waals surface area contributed by atoms with Crippen molar-refractivity contribution in [3.8, 4) is 0 Å². The Kier molecular flexibility index (Phi) is 4.91. The van der Waals surface area contributed by atoms with E-state index in [0.29, 0.717) is 12.6 Å². The number of hydrogen-bond acceptors (Lipinski definition) is 4. The molecule has 2 aliphatic rings. The highest BCUT2D eigenvalue weighted by Crippen LogP contribution is 2.32. The third kappa shape index (κ3) is 3.83.